The molecule has 0 aliphatic heterocycles. The predicted molar refractivity (Wildman–Crippen MR) is 106 cm³/mol. The molecule has 6 heteroatoms. The molecule has 1 aromatic carbocycles. The van der Waals surface area contributed by atoms with Crippen molar-refractivity contribution in [2.45, 2.75) is 65.3 Å². The zero-order chi connectivity index (χ0) is 19.4. The quantitative estimate of drug-likeness (QED) is 0.722. The number of anilines is 1. The maximum absolute atomic E-state index is 12.4. The van der Waals surface area contributed by atoms with Gasteiger partial charge >= 0.3 is 0 Å². The fourth-order valence-electron chi connectivity index (χ4n) is 3.28. The summed E-state index contributed by atoms with van der Waals surface area (Å²) in [6, 6.07) is 6.20. The van der Waals surface area contributed by atoms with E-state index in [9.17, 15) is 4.79 Å². The highest BCUT2D eigenvalue weighted by molar-refractivity contribution is 5.91. The van der Waals surface area contributed by atoms with E-state index < -0.39 is 0 Å². The molecule has 0 spiro atoms. The van der Waals surface area contributed by atoms with Crippen molar-refractivity contribution in [3.05, 3.63) is 35.4 Å². The van der Waals surface area contributed by atoms with Gasteiger partial charge in [0.2, 0.25) is 5.91 Å². The van der Waals surface area contributed by atoms with Crippen LogP contribution in [0.1, 0.15) is 62.8 Å². The minimum Gasteiger partial charge on any atom is -0.496 e. The molecule has 1 amide bonds. The number of hydrogen-bond donors (Lipinski definition) is 1. The molecule has 0 unspecified atom stereocenters. The largest absolute Gasteiger partial charge is 0.496 e. The third-order valence-corrected chi connectivity index (χ3v) is 5.05. The van der Waals surface area contributed by atoms with Crippen molar-refractivity contribution in [1.29, 1.82) is 0 Å². The normalized spacial score (nSPS) is 13.8. The summed E-state index contributed by atoms with van der Waals surface area (Å²) < 4.78 is 7.60. The van der Waals surface area contributed by atoms with E-state index in [1.54, 1.807) is 7.11 Å². The number of hydrogen-bond acceptors (Lipinski definition) is 4. The summed E-state index contributed by atoms with van der Waals surface area (Å²) in [6.07, 6.45) is 5.45. The Labute approximate surface area is 161 Å². The summed E-state index contributed by atoms with van der Waals surface area (Å²) in [5, 5.41) is 11.8. The molecule has 146 valence electrons. The van der Waals surface area contributed by atoms with E-state index in [-0.39, 0.29) is 5.91 Å². The van der Waals surface area contributed by atoms with E-state index in [0.717, 1.165) is 41.5 Å². The molecule has 1 fully saturated rings. The van der Waals surface area contributed by atoms with Crippen molar-refractivity contribution in [2.24, 2.45) is 5.92 Å². The lowest BCUT2D eigenvalue weighted by molar-refractivity contribution is -0.116. The topological polar surface area (TPSA) is 69.0 Å². The third-order valence-electron chi connectivity index (χ3n) is 5.05. The number of carbonyl (C=O) groups is 1. The summed E-state index contributed by atoms with van der Waals surface area (Å²) in [6.45, 7) is 6.40. The monoisotopic (exact) mass is 370 g/mol. The van der Waals surface area contributed by atoms with Crippen molar-refractivity contribution in [2.75, 3.05) is 12.4 Å². The molecule has 3 rings (SSSR count). The second-order valence-electron chi connectivity index (χ2n) is 7.75. The van der Waals surface area contributed by atoms with Crippen molar-refractivity contribution >= 4 is 11.6 Å². The summed E-state index contributed by atoms with van der Waals surface area (Å²) in [4.78, 5) is 12.4. The van der Waals surface area contributed by atoms with Gasteiger partial charge < -0.3 is 14.6 Å². The fraction of sp³-hybridized carbons (Fsp3) is 0.571. The van der Waals surface area contributed by atoms with Crippen LogP contribution in [-0.4, -0.2) is 27.8 Å². The fourth-order valence-corrected chi connectivity index (χ4v) is 3.28. The van der Waals surface area contributed by atoms with E-state index >= 15 is 0 Å². The van der Waals surface area contributed by atoms with Crippen molar-refractivity contribution < 1.29 is 9.53 Å². The molecule has 1 N–H and O–H groups in total. The van der Waals surface area contributed by atoms with Gasteiger partial charge in [-0.2, -0.15) is 0 Å². The smallest absolute Gasteiger partial charge is 0.224 e. The van der Waals surface area contributed by atoms with Crippen molar-refractivity contribution in [1.82, 2.24) is 14.8 Å². The Morgan fingerprint density at radius 1 is 1.26 bits per heavy atom. The number of rotatable bonds is 9. The highest BCUT2D eigenvalue weighted by atomic mass is 16.5. The molecule has 0 atom stereocenters. The van der Waals surface area contributed by atoms with E-state index in [2.05, 4.69) is 33.9 Å². The number of nitrogens with one attached hydrogen (secondary N) is 1. The van der Waals surface area contributed by atoms with Crippen molar-refractivity contribution in [3.8, 4) is 5.75 Å². The minimum atomic E-state index is -0.0135. The molecule has 1 aromatic heterocycles. The van der Waals surface area contributed by atoms with Crippen LogP contribution in [0.3, 0.4) is 0 Å². The Morgan fingerprint density at radius 3 is 2.59 bits per heavy atom. The zero-order valence-corrected chi connectivity index (χ0v) is 16.8. The van der Waals surface area contributed by atoms with Gasteiger partial charge in [-0.3, -0.25) is 4.79 Å². The molecule has 0 radical (unpaired) electrons. The lowest BCUT2D eigenvalue weighted by atomic mass is 10.1. The molecule has 0 saturated heterocycles. The minimum absolute atomic E-state index is 0.0135. The zero-order valence-electron chi connectivity index (χ0n) is 16.8. The first-order valence-electron chi connectivity index (χ1n) is 9.85. The lowest BCUT2D eigenvalue weighted by Crippen LogP contribution is -2.15. The van der Waals surface area contributed by atoms with Crippen LogP contribution in [0.2, 0.25) is 0 Å². The van der Waals surface area contributed by atoms with Crippen molar-refractivity contribution in [3.63, 3.8) is 0 Å². The first kappa shape index (κ1) is 19.4. The Morgan fingerprint density at radius 2 is 1.96 bits per heavy atom. The molecule has 27 heavy (non-hydrogen) atoms. The number of aromatic nitrogens is 3. The molecule has 1 saturated carbocycles. The molecular weight excluding hydrogens is 340 g/mol. The Balaban J connectivity index is 1.62. The number of ether oxygens (including phenoxy) is 1. The maximum Gasteiger partial charge on any atom is 0.224 e. The van der Waals surface area contributed by atoms with E-state index in [0.29, 0.717) is 24.8 Å². The average molecular weight is 370 g/mol. The Bertz CT molecular complexity index is 793. The van der Waals surface area contributed by atoms with Crippen LogP contribution in [-0.2, 0) is 17.6 Å². The number of benzene rings is 1. The van der Waals surface area contributed by atoms with Crippen LogP contribution in [0.15, 0.2) is 18.2 Å². The van der Waals surface area contributed by atoms with Crippen LogP contribution >= 0.6 is 0 Å². The lowest BCUT2D eigenvalue weighted by Gasteiger charge is -2.12. The maximum atomic E-state index is 12.4. The second-order valence-corrected chi connectivity index (χ2v) is 7.75. The van der Waals surface area contributed by atoms with Crippen LogP contribution in [0.25, 0.3) is 0 Å². The highest BCUT2D eigenvalue weighted by Gasteiger charge is 2.29. The SMILES string of the molecule is COc1cccc(NC(=O)CCc2nnc(CCC(C)C)n2C2CC2)c1C. The summed E-state index contributed by atoms with van der Waals surface area (Å²) in [5.74, 6) is 3.42. The molecular formula is C21H30N4O2. The number of aryl methyl sites for hydroxylation is 2. The van der Waals surface area contributed by atoms with E-state index in [1.807, 2.05) is 25.1 Å². The van der Waals surface area contributed by atoms with Gasteiger partial charge in [0.15, 0.2) is 0 Å². The highest BCUT2D eigenvalue weighted by Crippen LogP contribution is 2.37. The summed E-state index contributed by atoms with van der Waals surface area (Å²) in [5.41, 5.74) is 1.73. The molecule has 1 aliphatic carbocycles. The third kappa shape index (κ3) is 4.87. The van der Waals surface area contributed by atoms with Gasteiger partial charge in [-0.25, -0.2) is 0 Å². The molecule has 2 aromatic rings. The molecule has 1 heterocycles. The van der Waals surface area contributed by atoms with Gasteiger partial charge in [0, 0.05) is 36.6 Å². The van der Waals surface area contributed by atoms with Crippen LogP contribution in [0, 0.1) is 12.8 Å². The van der Waals surface area contributed by atoms with Crippen LogP contribution in [0.5, 0.6) is 5.75 Å². The van der Waals surface area contributed by atoms with Gasteiger partial charge in [0.05, 0.1) is 7.11 Å². The number of nitrogens with zero attached hydrogens (tertiary/aromatic N) is 3. The van der Waals surface area contributed by atoms with E-state index in [4.69, 9.17) is 4.74 Å². The average Bonchev–Trinajstić information content (AvgIpc) is 3.40. The number of carbonyl (C=O) groups excluding carboxylic acids is 1. The van der Waals surface area contributed by atoms with E-state index in [1.165, 1.54) is 12.8 Å². The predicted octanol–water partition coefficient (Wildman–Crippen LogP) is 4.09. The summed E-state index contributed by atoms with van der Waals surface area (Å²) >= 11 is 0. The van der Waals surface area contributed by atoms with Gasteiger partial charge in [0.25, 0.3) is 0 Å². The standard InChI is InChI=1S/C21H30N4O2/c1-14(2)8-11-19-23-24-20(25(19)16-9-10-16)12-13-21(26)22-17-6-5-7-18(27-4)15(17)3/h5-7,14,16H,8-13H2,1-4H3,(H,22,26). The molecule has 0 bridgehead atoms. The first-order valence-corrected chi connectivity index (χ1v) is 9.85. The Kier molecular flexibility index (Phi) is 6.14. The number of methoxy groups -OCH3 is 1. The molecule has 1 aliphatic rings. The number of amides is 1. The van der Waals surface area contributed by atoms with Gasteiger partial charge in [-0.15, -0.1) is 10.2 Å². The molecule has 6 nitrogen and oxygen atoms in total. The summed E-state index contributed by atoms with van der Waals surface area (Å²) in [7, 11) is 1.63. The van der Waals surface area contributed by atoms with Crippen LogP contribution < -0.4 is 10.1 Å². The van der Waals surface area contributed by atoms with Gasteiger partial charge in [0.1, 0.15) is 17.4 Å². The Hall–Kier alpha value is -2.37. The second kappa shape index (κ2) is 8.55. The van der Waals surface area contributed by atoms with Gasteiger partial charge in [-0.05, 0) is 44.2 Å². The first-order chi connectivity index (χ1) is 13.0. The van der Waals surface area contributed by atoms with Crippen LogP contribution in [0.4, 0.5) is 5.69 Å². The van der Waals surface area contributed by atoms with Gasteiger partial charge in [-0.1, -0.05) is 19.9 Å².